The highest BCUT2D eigenvalue weighted by Crippen LogP contribution is 2.28. The van der Waals surface area contributed by atoms with Crippen molar-refractivity contribution in [2.24, 2.45) is 0 Å². The molecule has 26 heavy (non-hydrogen) atoms. The Hall–Kier alpha value is -2.06. The lowest BCUT2D eigenvalue weighted by atomic mass is 10.2. The van der Waals surface area contributed by atoms with E-state index in [2.05, 4.69) is 5.32 Å². The van der Waals surface area contributed by atoms with Gasteiger partial charge in [-0.3, -0.25) is 9.10 Å². The third-order valence-electron chi connectivity index (χ3n) is 3.61. The molecule has 2 rings (SSSR count). The summed E-state index contributed by atoms with van der Waals surface area (Å²) in [7, 11) is -3.74. The quantitative estimate of drug-likeness (QED) is 0.724. The molecule has 0 bridgehead atoms. The molecular weight excluding hydrogens is 375 g/mol. The highest BCUT2D eigenvalue weighted by molar-refractivity contribution is 7.99. The first-order chi connectivity index (χ1) is 12.2. The van der Waals surface area contributed by atoms with E-state index >= 15 is 0 Å². The Bertz CT molecular complexity index is 870. The predicted molar refractivity (Wildman–Crippen MR) is 105 cm³/mol. The van der Waals surface area contributed by atoms with Crippen molar-refractivity contribution < 1.29 is 17.6 Å². The zero-order chi connectivity index (χ0) is 19.3. The lowest BCUT2D eigenvalue weighted by molar-refractivity contribution is -0.116. The number of halogens is 1. The number of nitrogens with one attached hydrogen (secondary N) is 1. The summed E-state index contributed by atoms with van der Waals surface area (Å²) in [6, 6.07) is 11.3. The molecule has 0 saturated heterocycles. The molecule has 0 aliphatic carbocycles. The molecule has 140 valence electrons. The van der Waals surface area contributed by atoms with Gasteiger partial charge in [0.05, 0.1) is 17.6 Å². The Labute approximate surface area is 157 Å². The topological polar surface area (TPSA) is 66.5 Å². The summed E-state index contributed by atoms with van der Waals surface area (Å²) in [4.78, 5) is 13.6. The van der Waals surface area contributed by atoms with E-state index in [-0.39, 0.29) is 5.69 Å². The number of sulfonamides is 1. The summed E-state index contributed by atoms with van der Waals surface area (Å²) in [5.74, 6) is -0.109. The number of amides is 1. The largest absolute Gasteiger partial charge is 0.323 e. The number of benzene rings is 2. The molecule has 0 saturated carbocycles. The van der Waals surface area contributed by atoms with Gasteiger partial charge in [-0.15, -0.1) is 11.8 Å². The van der Waals surface area contributed by atoms with E-state index in [0.717, 1.165) is 33.3 Å². The van der Waals surface area contributed by atoms with Gasteiger partial charge in [-0.2, -0.15) is 0 Å². The average molecular weight is 397 g/mol. The van der Waals surface area contributed by atoms with Gasteiger partial charge in [0.2, 0.25) is 15.9 Å². The predicted octanol–water partition coefficient (Wildman–Crippen LogP) is 3.73. The molecule has 0 aliphatic rings. The molecule has 1 amide bonds. The highest BCUT2D eigenvalue weighted by atomic mass is 32.2. The van der Waals surface area contributed by atoms with Crippen molar-refractivity contribution >= 4 is 39.1 Å². The van der Waals surface area contributed by atoms with Crippen LogP contribution in [0, 0.1) is 5.82 Å². The molecule has 0 radical (unpaired) electrons. The Morgan fingerprint density at radius 2 is 1.81 bits per heavy atom. The minimum absolute atomic E-state index is 0.229. The molecule has 1 atom stereocenters. The molecule has 2 aromatic carbocycles. The first-order valence-electron chi connectivity index (χ1n) is 8.01. The second-order valence-electron chi connectivity index (χ2n) is 5.63. The van der Waals surface area contributed by atoms with Crippen LogP contribution in [0.5, 0.6) is 0 Å². The Morgan fingerprint density at radius 1 is 1.19 bits per heavy atom. The van der Waals surface area contributed by atoms with Crippen LogP contribution in [-0.4, -0.2) is 32.4 Å². The molecule has 8 heteroatoms. The fourth-order valence-electron chi connectivity index (χ4n) is 2.49. The third kappa shape index (κ3) is 4.98. The number of anilines is 2. The van der Waals surface area contributed by atoms with Crippen LogP contribution in [0.3, 0.4) is 0 Å². The van der Waals surface area contributed by atoms with E-state index in [9.17, 15) is 17.6 Å². The van der Waals surface area contributed by atoms with Crippen molar-refractivity contribution in [3.05, 3.63) is 54.3 Å². The Morgan fingerprint density at radius 3 is 2.38 bits per heavy atom. The SMILES string of the molecule is CCSc1ccccc1NC(=O)C(C)N(c1ccc(F)cc1)S(C)(=O)=O. The molecule has 1 N–H and O–H groups in total. The van der Waals surface area contributed by atoms with Crippen molar-refractivity contribution in [2.75, 3.05) is 21.6 Å². The first kappa shape index (κ1) is 20.3. The maximum atomic E-state index is 13.2. The fraction of sp³-hybridized carbons (Fsp3) is 0.278. The van der Waals surface area contributed by atoms with E-state index in [4.69, 9.17) is 0 Å². The van der Waals surface area contributed by atoms with Crippen molar-refractivity contribution in [1.82, 2.24) is 0 Å². The summed E-state index contributed by atoms with van der Waals surface area (Å²) < 4.78 is 38.6. The van der Waals surface area contributed by atoms with Gasteiger partial charge in [-0.25, -0.2) is 12.8 Å². The standard InChI is InChI=1S/C18H21FN2O3S2/c1-4-25-17-8-6-5-7-16(17)20-18(22)13(2)21(26(3,23)24)15-11-9-14(19)10-12-15/h5-13H,4H2,1-3H3,(H,20,22). The number of hydrogen-bond donors (Lipinski definition) is 1. The van der Waals surface area contributed by atoms with Crippen LogP contribution in [0.25, 0.3) is 0 Å². The lowest BCUT2D eigenvalue weighted by Crippen LogP contribution is -2.45. The number of para-hydroxylation sites is 1. The van der Waals surface area contributed by atoms with Gasteiger partial charge in [0, 0.05) is 4.90 Å². The van der Waals surface area contributed by atoms with Crippen molar-refractivity contribution in [1.29, 1.82) is 0 Å². The van der Waals surface area contributed by atoms with E-state index in [1.54, 1.807) is 23.9 Å². The van der Waals surface area contributed by atoms with Gasteiger partial charge < -0.3 is 5.32 Å². The van der Waals surface area contributed by atoms with Crippen LogP contribution in [0.1, 0.15) is 13.8 Å². The van der Waals surface area contributed by atoms with Crippen molar-refractivity contribution in [2.45, 2.75) is 24.8 Å². The molecular formula is C18H21FN2O3S2. The van der Waals surface area contributed by atoms with E-state index in [1.165, 1.54) is 19.1 Å². The summed E-state index contributed by atoms with van der Waals surface area (Å²) >= 11 is 1.58. The Kier molecular flexibility index (Phi) is 6.66. The summed E-state index contributed by atoms with van der Waals surface area (Å²) in [5.41, 5.74) is 0.858. The van der Waals surface area contributed by atoms with Crippen molar-refractivity contribution in [3.63, 3.8) is 0 Å². The minimum atomic E-state index is -3.74. The normalized spacial score (nSPS) is 12.5. The molecule has 0 aromatic heterocycles. The maximum Gasteiger partial charge on any atom is 0.248 e. The van der Waals surface area contributed by atoms with Crippen LogP contribution in [0.2, 0.25) is 0 Å². The molecule has 0 fully saturated rings. The molecule has 0 aliphatic heterocycles. The van der Waals surface area contributed by atoms with Gasteiger partial charge in [0.1, 0.15) is 11.9 Å². The number of carbonyl (C=O) groups is 1. The van der Waals surface area contributed by atoms with Gasteiger partial charge >= 0.3 is 0 Å². The molecule has 0 heterocycles. The first-order valence-corrected chi connectivity index (χ1v) is 10.8. The van der Waals surface area contributed by atoms with E-state index < -0.39 is 27.8 Å². The average Bonchev–Trinajstić information content (AvgIpc) is 2.57. The number of nitrogens with zero attached hydrogens (tertiary/aromatic N) is 1. The lowest BCUT2D eigenvalue weighted by Gasteiger charge is -2.28. The number of carbonyl (C=O) groups excluding carboxylic acids is 1. The fourth-order valence-corrected chi connectivity index (χ4v) is 4.42. The van der Waals surface area contributed by atoms with Crippen LogP contribution in [-0.2, 0) is 14.8 Å². The van der Waals surface area contributed by atoms with Crippen LogP contribution < -0.4 is 9.62 Å². The van der Waals surface area contributed by atoms with Crippen LogP contribution >= 0.6 is 11.8 Å². The monoisotopic (exact) mass is 396 g/mol. The van der Waals surface area contributed by atoms with Gasteiger partial charge in [0.25, 0.3) is 0 Å². The zero-order valence-corrected chi connectivity index (χ0v) is 16.4. The van der Waals surface area contributed by atoms with E-state index in [0.29, 0.717) is 5.69 Å². The smallest absolute Gasteiger partial charge is 0.248 e. The summed E-state index contributed by atoms with van der Waals surface area (Å²) in [6.45, 7) is 3.50. The maximum absolute atomic E-state index is 13.2. The summed E-state index contributed by atoms with van der Waals surface area (Å²) in [5, 5.41) is 2.79. The zero-order valence-electron chi connectivity index (χ0n) is 14.8. The number of thioether (sulfide) groups is 1. The molecule has 1 unspecified atom stereocenters. The molecule has 0 spiro atoms. The van der Waals surface area contributed by atoms with E-state index in [1.807, 2.05) is 19.1 Å². The second-order valence-corrected chi connectivity index (χ2v) is 8.79. The van der Waals surface area contributed by atoms with Gasteiger partial charge in [-0.05, 0) is 49.1 Å². The second kappa shape index (κ2) is 8.55. The number of rotatable bonds is 7. The number of hydrogen-bond acceptors (Lipinski definition) is 4. The van der Waals surface area contributed by atoms with Crippen molar-refractivity contribution in [3.8, 4) is 0 Å². The van der Waals surface area contributed by atoms with Gasteiger partial charge in [-0.1, -0.05) is 19.1 Å². The third-order valence-corrected chi connectivity index (χ3v) is 5.81. The van der Waals surface area contributed by atoms with Crippen LogP contribution in [0.15, 0.2) is 53.4 Å². The van der Waals surface area contributed by atoms with Gasteiger partial charge in [0.15, 0.2) is 0 Å². The van der Waals surface area contributed by atoms with Crippen LogP contribution in [0.4, 0.5) is 15.8 Å². The summed E-state index contributed by atoms with van der Waals surface area (Å²) in [6.07, 6.45) is 1.01. The minimum Gasteiger partial charge on any atom is -0.323 e. The molecule has 5 nitrogen and oxygen atoms in total. The highest BCUT2D eigenvalue weighted by Gasteiger charge is 2.29. The Balaban J connectivity index is 2.30. The molecule has 2 aromatic rings.